The van der Waals surface area contributed by atoms with E-state index in [-0.39, 0.29) is 23.8 Å². The van der Waals surface area contributed by atoms with Crippen molar-refractivity contribution >= 4 is 21.9 Å². The first kappa shape index (κ1) is 19.1. The number of imidazole rings is 1. The summed E-state index contributed by atoms with van der Waals surface area (Å²) in [5.74, 6) is 0.581. The Balaban J connectivity index is 1.93. The normalized spacial score (nSPS) is 12.7. The van der Waals surface area contributed by atoms with Gasteiger partial charge < -0.3 is 10.3 Å². The van der Waals surface area contributed by atoms with Crippen LogP contribution in [0.1, 0.15) is 36.8 Å². The van der Waals surface area contributed by atoms with Gasteiger partial charge in [-0.1, -0.05) is 30.3 Å². The van der Waals surface area contributed by atoms with Crippen LogP contribution < -0.4 is 17.0 Å². The van der Waals surface area contributed by atoms with Crippen LogP contribution in [0, 0.1) is 6.92 Å². The molecule has 0 saturated carbocycles. The summed E-state index contributed by atoms with van der Waals surface area (Å²) < 4.78 is 4.53. The summed E-state index contributed by atoms with van der Waals surface area (Å²) in [5.41, 5.74) is 8.19. The smallest absolute Gasteiger partial charge is 0.324 e. The minimum Gasteiger partial charge on any atom is -0.324 e. The van der Waals surface area contributed by atoms with Crippen LogP contribution in [0.15, 0.2) is 46.0 Å². The molecule has 0 aliphatic rings. The van der Waals surface area contributed by atoms with E-state index in [4.69, 9.17) is 5.73 Å². The van der Waals surface area contributed by atoms with Crippen molar-refractivity contribution < 1.29 is 0 Å². The second-order valence-electron chi connectivity index (χ2n) is 7.54. The summed E-state index contributed by atoms with van der Waals surface area (Å²) >= 11 is 0. The average Bonchev–Trinajstić information content (AvgIpc) is 3.03. The summed E-state index contributed by atoms with van der Waals surface area (Å²) in [6.07, 6.45) is 0. The largest absolute Gasteiger partial charge is 0.333 e. The van der Waals surface area contributed by atoms with E-state index in [2.05, 4.69) is 18.0 Å². The van der Waals surface area contributed by atoms with Gasteiger partial charge in [0.2, 0.25) is 0 Å². The molecule has 1 atom stereocenters. The number of fused-ring (bicyclic) bond motifs is 2. The van der Waals surface area contributed by atoms with Crippen molar-refractivity contribution in [1.29, 1.82) is 0 Å². The molecule has 2 aromatic heterocycles. The molecule has 0 fully saturated rings. The van der Waals surface area contributed by atoms with Crippen LogP contribution in [-0.4, -0.2) is 18.7 Å². The first-order chi connectivity index (χ1) is 13.8. The van der Waals surface area contributed by atoms with Crippen LogP contribution in [0.2, 0.25) is 0 Å². The maximum absolute atomic E-state index is 13.2. The molecular formula is C22H25N5O2. The molecule has 0 spiro atoms. The van der Waals surface area contributed by atoms with Gasteiger partial charge in [0.05, 0.1) is 12.6 Å². The van der Waals surface area contributed by atoms with Crippen LogP contribution >= 0.6 is 0 Å². The highest BCUT2D eigenvalue weighted by molar-refractivity contribution is 5.86. The van der Waals surface area contributed by atoms with Gasteiger partial charge in [0.25, 0.3) is 5.56 Å². The topological polar surface area (TPSA) is 87.8 Å². The third kappa shape index (κ3) is 2.98. The van der Waals surface area contributed by atoms with E-state index in [1.165, 1.54) is 20.1 Å². The lowest BCUT2D eigenvalue weighted by molar-refractivity contribution is 0.618. The molecule has 1 unspecified atom stereocenters. The number of aryl methyl sites for hydroxylation is 3. The van der Waals surface area contributed by atoms with Crippen molar-refractivity contribution in [2.24, 2.45) is 12.8 Å². The Hall–Kier alpha value is -3.19. The molecule has 2 N–H and O–H groups in total. The molecule has 0 bridgehead atoms. The van der Waals surface area contributed by atoms with Crippen molar-refractivity contribution in [3.8, 4) is 0 Å². The maximum atomic E-state index is 13.2. The van der Waals surface area contributed by atoms with Crippen molar-refractivity contribution in [3.63, 3.8) is 0 Å². The Morgan fingerprint density at radius 2 is 1.90 bits per heavy atom. The van der Waals surface area contributed by atoms with Gasteiger partial charge in [-0.05, 0) is 48.7 Å². The zero-order chi connectivity index (χ0) is 20.9. The maximum Gasteiger partial charge on any atom is 0.333 e. The fraction of sp³-hybridized carbons (Fsp3) is 0.318. The third-order valence-electron chi connectivity index (χ3n) is 5.50. The Morgan fingerprint density at radius 3 is 2.59 bits per heavy atom. The monoisotopic (exact) mass is 391 g/mol. The predicted octanol–water partition coefficient (Wildman–Crippen LogP) is 2.45. The van der Waals surface area contributed by atoms with Gasteiger partial charge >= 0.3 is 5.69 Å². The minimum atomic E-state index is -0.358. The van der Waals surface area contributed by atoms with Gasteiger partial charge in [0.1, 0.15) is 5.82 Å². The van der Waals surface area contributed by atoms with Gasteiger partial charge in [-0.15, -0.1) is 0 Å². The number of nitrogens with two attached hydrogens (primary N) is 1. The number of aromatic nitrogens is 4. The Bertz CT molecular complexity index is 1360. The second-order valence-corrected chi connectivity index (χ2v) is 7.54. The number of hydrogen-bond donors (Lipinski definition) is 1. The Kier molecular flexibility index (Phi) is 4.62. The van der Waals surface area contributed by atoms with Gasteiger partial charge in [-0.3, -0.25) is 13.9 Å². The summed E-state index contributed by atoms with van der Waals surface area (Å²) in [4.78, 5) is 30.8. The minimum absolute atomic E-state index is 0.205. The zero-order valence-corrected chi connectivity index (χ0v) is 17.1. The SMILES string of the molecule is CCn1c(=O)n(Cc2ccc3c(C)cccc3c2)c(=O)c2c1nc(C(C)N)n2C. The molecule has 2 heterocycles. The van der Waals surface area contributed by atoms with E-state index in [1.54, 1.807) is 11.6 Å². The molecule has 0 radical (unpaired) electrons. The van der Waals surface area contributed by atoms with Crippen LogP contribution in [0.5, 0.6) is 0 Å². The Labute approximate surface area is 168 Å². The summed E-state index contributed by atoms with van der Waals surface area (Å²) in [6, 6.07) is 11.8. The lowest BCUT2D eigenvalue weighted by Gasteiger charge is -2.11. The number of hydrogen-bond acceptors (Lipinski definition) is 4. The molecule has 29 heavy (non-hydrogen) atoms. The lowest BCUT2D eigenvalue weighted by atomic mass is 10.0. The zero-order valence-electron chi connectivity index (χ0n) is 17.1. The molecule has 150 valence electrons. The highest BCUT2D eigenvalue weighted by atomic mass is 16.2. The number of nitrogens with zero attached hydrogens (tertiary/aromatic N) is 4. The molecule has 2 aromatic carbocycles. The third-order valence-corrected chi connectivity index (χ3v) is 5.50. The number of benzene rings is 2. The summed E-state index contributed by atoms with van der Waals surface area (Å²) in [5, 5.41) is 2.26. The molecule has 0 amide bonds. The van der Waals surface area contributed by atoms with Crippen molar-refractivity contribution in [3.05, 3.63) is 74.2 Å². The quantitative estimate of drug-likeness (QED) is 0.579. The highest BCUT2D eigenvalue weighted by Crippen LogP contribution is 2.20. The molecular weight excluding hydrogens is 366 g/mol. The first-order valence-electron chi connectivity index (χ1n) is 9.77. The van der Waals surface area contributed by atoms with Crippen molar-refractivity contribution in [1.82, 2.24) is 18.7 Å². The summed E-state index contributed by atoms with van der Waals surface area (Å²) in [6.45, 7) is 6.37. The average molecular weight is 391 g/mol. The van der Waals surface area contributed by atoms with Crippen LogP contribution in [-0.2, 0) is 20.1 Å². The predicted molar refractivity (Wildman–Crippen MR) is 115 cm³/mol. The molecule has 4 rings (SSSR count). The number of rotatable bonds is 4. The van der Waals surface area contributed by atoms with E-state index >= 15 is 0 Å². The van der Waals surface area contributed by atoms with Gasteiger partial charge in [-0.2, -0.15) is 0 Å². The van der Waals surface area contributed by atoms with E-state index in [0.717, 1.165) is 10.9 Å². The van der Waals surface area contributed by atoms with E-state index in [9.17, 15) is 9.59 Å². The second kappa shape index (κ2) is 7.00. The van der Waals surface area contributed by atoms with Gasteiger partial charge in [-0.25, -0.2) is 9.78 Å². The fourth-order valence-electron chi connectivity index (χ4n) is 3.99. The molecule has 0 saturated heterocycles. The van der Waals surface area contributed by atoms with Gasteiger partial charge in [0, 0.05) is 13.6 Å². The molecule has 0 aliphatic carbocycles. The van der Waals surface area contributed by atoms with E-state index in [1.807, 2.05) is 44.2 Å². The van der Waals surface area contributed by atoms with E-state index < -0.39 is 0 Å². The Morgan fingerprint density at radius 1 is 1.14 bits per heavy atom. The lowest BCUT2D eigenvalue weighted by Crippen LogP contribution is -2.40. The first-order valence-corrected chi connectivity index (χ1v) is 9.77. The molecule has 0 aliphatic heterocycles. The van der Waals surface area contributed by atoms with Crippen LogP contribution in [0.4, 0.5) is 0 Å². The fourth-order valence-corrected chi connectivity index (χ4v) is 3.99. The van der Waals surface area contributed by atoms with E-state index in [0.29, 0.717) is 23.5 Å². The van der Waals surface area contributed by atoms with Crippen molar-refractivity contribution in [2.45, 2.75) is 39.9 Å². The highest BCUT2D eigenvalue weighted by Gasteiger charge is 2.21. The molecule has 4 aromatic rings. The molecule has 7 nitrogen and oxygen atoms in total. The van der Waals surface area contributed by atoms with Crippen molar-refractivity contribution in [2.75, 3.05) is 0 Å². The molecule has 7 heteroatoms. The van der Waals surface area contributed by atoms with Crippen LogP contribution in [0.3, 0.4) is 0 Å². The van der Waals surface area contributed by atoms with Gasteiger partial charge in [0.15, 0.2) is 11.2 Å². The standard InChI is InChI=1S/C22H25N5O2/c1-5-26-20-18(25(4)19(24-20)14(3)23)21(28)27(22(26)29)12-15-9-10-17-13(2)7-6-8-16(17)11-15/h6-11,14H,5,12,23H2,1-4H3. The summed E-state index contributed by atoms with van der Waals surface area (Å²) in [7, 11) is 1.77. The van der Waals surface area contributed by atoms with Crippen LogP contribution in [0.25, 0.3) is 21.9 Å².